The number of methoxy groups -OCH3 is 1. The second-order valence-corrected chi connectivity index (χ2v) is 11.7. The molecule has 2 amide bonds. The molecule has 1 aliphatic carbocycles. The van der Waals surface area contributed by atoms with Crippen molar-refractivity contribution in [1.29, 1.82) is 0 Å². The zero-order chi connectivity index (χ0) is 27.0. The van der Waals surface area contributed by atoms with Crippen molar-refractivity contribution in [3.63, 3.8) is 0 Å². The van der Waals surface area contributed by atoms with Gasteiger partial charge < -0.3 is 15.0 Å². The van der Waals surface area contributed by atoms with Crippen LogP contribution in [0, 0.1) is 6.92 Å². The minimum Gasteiger partial charge on any atom is -0.497 e. The van der Waals surface area contributed by atoms with E-state index in [9.17, 15) is 18.0 Å². The minimum atomic E-state index is -3.57. The molecule has 2 aromatic carbocycles. The zero-order valence-electron chi connectivity index (χ0n) is 22.3. The number of nitrogens with one attached hydrogen (secondary N) is 1. The number of amides is 2. The summed E-state index contributed by atoms with van der Waals surface area (Å²) in [6, 6.07) is 14.2. The summed E-state index contributed by atoms with van der Waals surface area (Å²) < 4.78 is 31.6. The fourth-order valence-electron chi connectivity index (χ4n) is 4.72. The number of ether oxygens (including phenoxy) is 1. The van der Waals surface area contributed by atoms with Crippen LogP contribution in [0.5, 0.6) is 5.75 Å². The molecule has 202 valence electrons. The van der Waals surface area contributed by atoms with Gasteiger partial charge in [0.1, 0.15) is 11.8 Å². The SMILES string of the molecule is COc1cccc(N(CCCC(=O)N(Cc2ccccc2C)[C@@H](C)C(=O)NC2CCCC2)S(C)(=O)=O)c1. The Kier molecular flexibility index (Phi) is 9.97. The van der Waals surface area contributed by atoms with Gasteiger partial charge in [-0.15, -0.1) is 0 Å². The van der Waals surface area contributed by atoms with E-state index in [2.05, 4.69) is 5.32 Å². The van der Waals surface area contributed by atoms with E-state index in [4.69, 9.17) is 4.74 Å². The number of rotatable bonds is 12. The Balaban J connectivity index is 1.73. The maximum atomic E-state index is 13.5. The number of anilines is 1. The summed E-state index contributed by atoms with van der Waals surface area (Å²) >= 11 is 0. The van der Waals surface area contributed by atoms with Crippen LogP contribution in [-0.2, 0) is 26.2 Å². The van der Waals surface area contributed by atoms with E-state index >= 15 is 0 Å². The predicted molar refractivity (Wildman–Crippen MR) is 146 cm³/mol. The summed E-state index contributed by atoms with van der Waals surface area (Å²) in [5.74, 6) is 0.216. The van der Waals surface area contributed by atoms with Crippen LogP contribution in [0.1, 0.15) is 56.6 Å². The molecule has 0 spiro atoms. The molecular weight excluding hydrogens is 490 g/mol. The Hall–Kier alpha value is -3.07. The normalized spacial score (nSPS) is 14.7. The van der Waals surface area contributed by atoms with Gasteiger partial charge in [0.15, 0.2) is 0 Å². The molecule has 0 saturated heterocycles. The number of sulfonamides is 1. The standard InChI is InChI=1S/C28H39N3O5S/c1-21-11-5-6-12-23(21)20-30(22(2)28(33)29-24-13-7-8-14-24)27(32)17-10-18-31(37(4,34)35)25-15-9-16-26(19-25)36-3/h5-6,9,11-12,15-16,19,22,24H,7-8,10,13-14,17-18,20H2,1-4H3,(H,29,33)/t22-/m0/s1. The lowest BCUT2D eigenvalue weighted by Gasteiger charge is -2.30. The molecule has 1 N–H and O–H groups in total. The summed E-state index contributed by atoms with van der Waals surface area (Å²) in [6.07, 6.45) is 5.72. The molecule has 1 saturated carbocycles. The molecule has 1 fully saturated rings. The van der Waals surface area contributed by atoms with Gasteiger partial charge in [0.05, 0.1) is 19.1 Å². The van der Waals surface area contributed by atoms with E-state index in [-0.39, 0.29) is 30.8 Å². The Morgan fingerprint density at radius 3 is 2.46 bits per heavy atom. The van der Waals surface area contributed by atoms with E-state index in [0.29, 0.717) is 24.4 Å². The quantitative estimate of drug-likeness (QED) is 0.448. The third kappa shape index (κ3) is 7.95. The van der Waals surface area contributed by atoms with Crippen LogP contribution in [0.15, 0.2) is 48.5 Å². The molecule has 8 nitrogen and oxygen atoms in total. The summed E-state index contributed by atoms with van der Waals surface area (Å²) in [5.41, 5.74) is 2.51. The van der Waals surface area contributed by atoms with Crippen molar-refractivity contribution in [2.24, 2.45) is 0 Å². The van der Waals surface area contributed by atoms with Gasteiger partial charge in [0.25, 0.3) is 0 Å². The highest BCUT2D eigenvalue weighted by atomic mass is 32.2. The number of carbonyl (C=O) groups excluding carboxylic acids is 2. The monoisotopic (exact) mass is 529 g/mol. The van der Waals surface area contributed by atoms with Gasteiger partial charge in [-0.25, -0.2) is 8.42 Å². The number of hydrogen-bond acceptors (Lipinski definition) is 5. The van der Waals surface area contributed by atoms with Crippen LogP contribution < -0.4 is 14.4 Å². The Morgan fingerprint density at radius 1 is 1.11 bits per heavy atom. The van der Waals surface area contributed by atoms with Crippen molar-refractivity contribution >= 4 is 27.5 Å². The summed E-state index contributed by atoms with van der Waals surface area (Å²) in [5, 5.41) is 3.11. The molecule has 0 bridgehead atoms. The van der Waals surface area contributed by atoms with Crippen molar-refractivity contribution < 1.29 is 22.7 Å². The fraction of sp³-hybridized carbons (Fsp3) is 0.500. The maximum absolute atomic E-state index is 13.5. The first-order valence-electron chi connectivity index (χ1n) is 12.9. The van der Waals surface area contributed by atoms with Crippen molar-refractivity contribution in [3.05, 3.63) is 59.7 Å². The average Bonchev–Trinajstić information content (AvgIpc) is 3.38. The first-order valence-corrected chi connectivity index (χ1v) is 14.7. The van der Waals surface area contributed by atoms with Gasteiger partial charge in [-0.2, -0.15) is 0 Å². The molecule has 1 aliphatic rings. The Bertz CT molecular complexity index is 1180. The second-order valence-electron chi connectivity index (χ2n) is 9.75. The van der Waals surface area contributed by atoms with E-state index in [0.717, 1.165) is 43.1 Å². The topological polar surface area (TPSA) is 96.0 Å². The molecule has 2 aromatic rings. The van der Waals surface area contributed by atoms with Crippen LogP contribution in [0.4, 0.5) is 5.69 Å². The molecule has 0 heterocycles. The molecule has 3 rings (SSSR count). The highest BCUT2D eigenvalue weighted by Gasteiger charge is 2.29. The smallest absolute Gasteiger partial charge is 0.242 e. The summed E-state index contributed by atoms with van der Waals surface area (Å²) in [7, 11) is -2.05. The molecule has 0 aliphatic heterocycles. The third-order valence-corrected chi connectivity index (χ3v) is 8.16. The lowest BCUT2D eigenvalue weighted by Crippen LogP contribution is -2.49. The van der Waals surface area contributed by atoms with Crippen LogP contribution >= 0.6 is 0 Å². The Labute approximate surface area is 221 Å². The number of hydrogen-bond donors (Lipinski definition) is 1. The highest BCUT2D eigenvalue weighted by molar-refractivity contribution is 7.92. The van der Waals surface area contributed by atoms with E-state index < -0.39 is 16.1 Å². The van der Waals surface area contributed by atoms with Crippen LogP contribution in [0.2, 0.25) is 0 Å². The lowest BCUT2D eigenvalue weighted by molar-refractivity contribution is -0.141. The van der Waals surface area contributed by atoms with Crippen LogP contribution in [-0.4, -0.2) is 57.1 Å². The van der Waals surface area contributed by atoms with Crippen molar-refractivity contribution in [2.45, 2.75) is 71.0 Å². The Morgan fingerprint density at radius 2 is 1.81 bits per heavy atom. The number of carbonyl (C=O) groups is 2. The van der Waals surface area contributed by atoms with Gasteiger partial charge in [-0.05, 0) is 56.4 Å². The lowest BCUT2D eigenvalue weighted by atomic mass is 10.1. The van der Waals surface area contributed by atoms with Crippen molar-refractivity contribution in [2.75, 3.05) is 24.2 Å². The molecule has 37 heavy (non-hydrogen) atoms. The molecular formula is C28H39N3O5S. The minimum absolute atomic E-state index is 0.114. The van der Waals surface area contributed by atoms with E-state index in [1.54, 1.807) is 36.1 Å². The number of benzene rings is 2. The maximum Gasteiger partial charge on any atom is 0.242 e. The summed E-state index contributed by atoms with van der Waals surface area (Å²) in [6.45, 7) is 4.20. The van der Waals surface area contributed by atoms with E-state index in [1.807, 2.05) is 31.2 Å². The first-order chi connectivity index (χ1) is 17.6. The number of nitrogens with zero attached hydrogens (tertiary/aromatic N) is 2. The predicted octanol–water partition coefficient (Wildman–Crippen LogP) is 4.03. The highest BCUT2D eigenvalue weighted by Crippen LogP contribution is 2.24. The van der Waals surface area contributed by atoms with Gasteiger partial charge in [-0.1, -0.05) is 43.2 Å². The molecule has 9 heteroatoms. The fourth-order valence-corrected chi connectivity index (χ4v) is 5.67. The number of aryl methyl sites for hydroxylation is 1. The van der Waals surface area contributed by atoms with Crippen molar-refractivity contribution in [1.82, 2.24) is 10.2 Å². The average molecular weight is 530 g/mol. The molecule has 0 unspecified atom stereocenters. The largest absolute Gasteiger partial charge is 0.497 e. The second kappa shape index (κ2) is 12.9. The van der Waals surface area contributed by atoms with Crippen LogP contribution in [0.25, 0.3) is 0 Å². The van der Waals surface area contributed by atoms with Gasteiger partial charge in [0.2, 0.25) is 21.8 Å². The van der Waals surface area contributed by atoms with Crippen LogP contribution in [0.3, 0.4) is 0 Å². The van der Waals surface area contributed by atoms with E-state index in [1.165, 1.54) is 11.4 Å². The zero-order valence-corrected chi connectivity index (χ0v) is 23.1. The molecule has 0 radical (unpaired) electrons. The molecule has 0 aromatic heterocycles. The van der Waals surface area contributed by atoms with Gasteiger partial charge in [-0.3, -0.25) is 13.9 Å². The third-order valence-electron chi connectivity index (χ3n) is 6.96. The van der Waals surface area contributed by atoms with Crippen molar-refractivity contribution in [3.8, 4) is 5.75 Å². The van der Waals surface area contributed by atoms with Gasteiger partial charge >= 0.3 is 0 Å². The first kappa shape index (κ1) is 28.5. The summed E-state index contributed by atoms with van der Waals surface area (Å²) in [4.78, 5) is 28.2. The van der Waals surface area contributed by atoms with Gasteiger partial charge in [0, 0.05) is 31.6 Å². The molecule has 1 atom stereocenters.